The third-order valence-electron chi connectivity index (χ3n) is 6.69. The first-order chi connectivity index (χ1) is 11.1. The number of allylic oxidation sites excluding steroid dienone is 1. The van der Waals surface area contributed by atoms with Crippen LogP contribution in [-0.4, -0.2) is 34.5 Å². The van der Waals surface area contributed by atoms with Crippen molar-refractivity contribution in [3.63, 3.8) is 0 Å². The van der Waals surface area contributed by atoms with Gasteiger partial charge in [-0.2, -0.15) is 0 Å². The van der Waals surface area contributed by atoms with Gasteiger partial charge in [-0.3, -0.25) is 9.59 Å². The number of aliphatic hydroxyl groups excluding tert-OH is 2. The molecule has 0 aliphatic heterocycles. The SMILES string of the molecule is CC(C)C(=O)CC[C@@H]1C(C=O)=C[C@@H](O)[C@@H]2C(C)(C)[C@H](O)CC[C@@]12C. The van der Waals surface area contributed by atoms with Crippen LogP contribution >= 0.6 is 0 Å². The van der Waals surface area contributed by atoms with Crippen LogP contribution in [0.5, 0.6) is 0 Å². The molecule has 24 heavy (non-hydrogen) atoms. The summed E-state index contributed by atoms with van der Waals surface area (Å²) in [7, 11) is 0. The van der Waals surface area contributed by atoms with Crippen molar-refractivity contribution in [2.75, 3.05) is 0 Å². The van der Waals surface area contributed by atoms with Crippen LogP contribution in [0.25, 0.3) is 0 Å². The van der Waals surface area contributed by atoms with Crippen LogP contribution in [0.4, 0.5) is 0 Å². The van der Waals surface area contributed by atoms with E-state index in [2.05, 4.69) is 6.92 Å². The van der Waals surface area contributed by atoms with Crippen LogP contribution in [0.2, 0.25) is 0 Å². The number of aliphatic hydroxyl groups is 2. The first kappa shape index (κ1) is 19.3. The molecule has 2 N–H and O–H groups in total. The molecule has 0 amide bonds. The highest BCUT2D eigenvalue weighted by Crippen LogP contribution is 2.60. The Bertz CT molecular complexity index is 534. The van der Waals surface area contributed by atoms with Crippen LogP contribution in [0.15, 0.2) is 11.6 Å². The third-order valence-corrected chi connectivity index (χ3v) is 6.69. The molecule has 2 aliphatic rings. The first-order valence-electron chi connectivity index (χ1n) is 9.11. The number of rotatable bonds is 5. The lowest BCUT2D eigenvalue weighted by atomic mass is 9.46. The molecule has 2 aliphatic carbocycles. The van der Waals surface area contributed by atoms with E-state index in [9.17, 15) is 19.8 Å². The maximum absolute atomic E-state index is 12.1. The first-order valence-corrected chi connectivity index (χ1v) is 9.11. The molecule has 0 unspecified atom stereocenters. The number of Topliss-reactive ketones (excluding diaryl/α,β-unsaturated/α-hetero) is 1. The topological polar surface area (TPSA) is 74.6 Å². The lowest BCUT2D eigenvalue weighted by Gasteiger charge is -2.59. The molecule has 4 nitrogen and oxygen atoms in total. The molecule has 0 radical (unpaired) electrons. The molecule has 0 aromatic carbocycles. The summed E-state index contributed by atoms with van der Waals surface area (Å²) in [6, 6.07) is 0. The summed E-state index contributed by atoms with van der Waals surface area (Å²) < 4.78 is 0. The summed E-state index contributed by atoms with van der Waals surface area (Å²) in [6.07, 6.45) is 3.80. The van der Waals surface area contributed by atoms with Gasteiger partial charge < -0.3 is 10.2 Å². The molecule has 0 heterocycles. The molecule has 4 heteroatoms. The number of hydrogen-bond acceptors (Lipinski definition) is 4. The fourth-order valence-electron chi connectivity index (χ4n) is 5.24. The molecular weight excluding hydrogens is 304 g/mol. The Morgan fingerprint density at radius 3 is 2.50 bits per heavy atom. The Morgan fingerprint density at radius 2 is 1.96 bits per heavy atom. The van der Waals surface area contributed by atoms with E-state index in [0.29, 0.717) is 24.8 Å². The Hall–Kier alpha value is -1.00. The zero-order chi connectivity index (χ0) is 18.3. The Balaban J connectivity index is 2.39. The summed E-state index contributed by atoms with van der Waals surface area (Å²) in [4.78, 5) is 23.7. The second kappa shape index (κ2) is 6.72. The quantitative estimate of drug-likeness (QED) is 0.757. The lowest BCUT2D eigenvalue weighted by Crippen LogP contribution is -2.58. The van der Waals surface area contributed by atoms with E-state index in [4.69, 9.17) is 0 Å². The number of hydrogen-bond donors (Lipinski definition) is 2. The maximum atomic E-state index is 12.1. The molecule has 0 spiro atoms. The van der Waals surface area contributed by atoms with E-state index in [1.165, 1.54) is 0 Å². The molecular formula is C20H32O4. The second-order valence-electron chi connectivity index (χ2n) is 8.85. The molecule has 0 bridgehead atoms. The highest BCUT2D eigenvalue weighted by molar-refractivity contribution is 5.81. The third kappa shape index (κ3) is 3.11. The summed E-state index contributed by atoms with van der Waals surface area (Å²) in [5.41, 5.74) is -0.104. The van der Waals surface area contributed by atoms with Crippen molar-refractivity contribution >= 4 is 12.1 Å². The molecule has 0 aromatic rings. The van der Waals surface area contributed by atoms with Crippen molar-refractivity contribution in [3.05, 3.63) is 11.6 Å². The molecule has 0 saturated heterocycles. The van der Waals surface area contributed by atoms with Crippen LogP contribution in [0.1, 0.15) is 60.3 Å². The molecule has 1 saturated carbocycles. The standard InChI is InChI=1S/C20H32O4/c1-12(2)15(22)7-6-14-13(11-21)10-16(23)18-19(3,4)17(24)8-9-20(14,18)5/h10-12,14,16-18,23-24H,6-9H2,1-5H3/t14-,16-,17-,18-,20+/m1/s1. The van der Waals surface area contributed by atoms with Gasteiger partial charge in [-0.15, -0.1) is 0 Å². The molecule has 0 aromatic heterocycles. The van der Waals surface area contributed by atoms with E-state index in [-0.39, 0.29) is 29.0 Å². The molecule has 136 valence electrons. The largest absolute Gasteiger partial charge is 0.393 e. The normalized spacial score (nSPS) is 38.4. The summed E-state index contributed by atoms with van der Waals surface area (Å²) in [5.74, 6) is 0.0344. The van der Waals surface area contributed by atoms with Gasteiger partial charge in [0.1, 0.15) is 12.1 Å². The van der Waals surface area contributed by atoms with Crippen LogP contribution in [-0.2, 0) is 9.59 Å². The Labute approximate surface area is 145 Å². The minimum Gasteiger partial charge on any atom is -0.393 e. The van der Waals surface area contributed by atoms with E-state index >= 15 is 0 Å². The molecule has 1 fully saturated rings. The van der Waals surface area contributed by atoms with Crippen molar-refractivity contribution in [2.24, 2.45) is 28.6 Å². The van der Waals surface area contributed by atoms with Crippen molar-refractivity contribution in [1.82, 2.24) is 0 Å². The average molecular weight is 336 g/mol. The average Bonchev–Trinajstić information content (AvgIpc) is 2.49. The number of carbonyl (C=O) groups is 2. The van der Waals surface area contributed by atoms with Crippen LogP contribution < -0.4 is 0 Å². The van der Waals surface area contributed by atoms with Crippen LogP contribution in [0, 0.1) is 28.6 Å². The predicted octanol–water partition coefficient (Wildman–Crippen LogP) is 2.91. The summed E-state index contributed by atoms with van der Waals surface area (Å²) >= 11 is 0. The van der Waals surface area contributed by atoms with Crippen LogP contribution in [0.3, 0.4) is 0 Å². The van der Waals surface area contributed by atoms with E-state index in [1.807, 2.05) is 27.7 Å². The van der Waals surface area contributed by atoms with Gasteiger partial charge in [0.15, 0.2) is 0 Å². The van der Waals surface area contributed by atoms with Gasteiger partial charge in [0.05, 0.1) is 12.2 Å². The van der Waals surface area contributed by atoms with E-state index in [0.717, 1.165) is 12.7 Å². The highest BCUT2D eigenvalue weighted by Gasteiger charge is 2.58. The van der Waals surface area contributed by atoms with Crippen molar-refractivity contribution in [2.45, 2.75) is 72.5 Å². The molecule has 5 atom stereocenters. The number of fused-ring (bicyclic) bond motifs is 1. The Kier molecular flexibility index (Phi) is 5.41. The highest BCUT2D eigenvalue weighted by atomic mass is 16.3. The number of aldehydes is 1. The smallest absolute Gasteiger partial charge is 0.146 e. The summed E-state index contributed by atoms with van der Waals surface area (Å²) in [6.45, 7) is 9.91. The van der Waals surface area contributed by atoms with Gasteiger partial charge in [-0.25, -0.2) is 0 Å². The second-order valence-corrected chi connectivity index (χ2v) is 8.85. The minimum absolute atomic E-state index is 0.00364. The van der Waals surface area contributed by atoms with Gasteiger partial charge in [0, 0.05) is 18.3 Å². The van der Waals surface area contributed by atoms with Gasteiger partial charge in [-0.1, -0.05) is 34.6 Å². The monoisotopic (exact) mass is 336 g/mol. The van der Waals surface area contributed by atoms with Gasteiger partial charge >= 0.3 is 0 Å². The van der Waals surface area contributed by atoms with E-state index in [1.54, 1.807) is 6.08 Å². The summed E-state index contributed by atoms with van der Waals surface area (Å²) in [5, 5.41) is 21.1. The van der Waals surface area contributed by atoms with Crippen molar-refractivity contribution in [3.8, 4) is 0 Å². The zero-order valence-electron chi connectivity index (χ0n) is 15.6. The fourth-order valence-corrected chi connectivity index (χ4v) is 5.24. The lowest BCUT2D eigenvalue weighted by molar-refractivity contribution is -0.153. The minimum atomic E-state index is -0.739. The van der Waals surface area contributed by atoms with Crippen molar-refractivity contribution < 1.29 is 19.8 Å². The Morgan fingerprint density at radius 1 is 1.33 bits per heavy atom. The number of ketones is 1. The number of carbonyl (C=O) groups excluding carboxylic acids is 2. The van der Waals surface area contributed by atoms with Gasteiger partial charge in [0.25, 0.3) is 0 Å². The van der Waals surface area contributed by atoms with Gasteiger partial charge in [0.2, 0.25) is 0 Å². The van der Waals surface area contributed by atoms with Gasteiger partial charge in [-0.05, 0) is 47.7 Å². The molecule has 2 rings (SSSR count). The maximum Gasteiger partial charge on any atom is 0.146 e. The zero-order valence-corrected chi connectivity index (χ0v) is 15.6. The fraction of sp³-hybridized carbons (Fsp3) is 0.800. The van der Waals surface area contributed by atoms with Crippen molar-refractivity contribution in [1.29, 1.82) is 0 Å². The predicted molar refractivity (Wildman–Crippen MR) is 93.3 cm³/mol. The van der Waals surface area contributed by atoms with E-state index < -0.39 is 17.6 Å².